The van der Waals surface area contributed by atoms with Gasteiger partial charge in [-0.15, -0.1) is 6.58 Å². The summed E-state index contributed by atoms with van der Waals surface area (Å²) in [6.07, 6.45) is 5.49. The predicted octanol–water partition coefficient (Wildman–Crippen LogP) is 1.77. The minimum atomic E-state index is 0.173. The number of nitrogens with two attached hydrogens (primary N) is 1. The Balaban J connectivity index is 2.49. The van der Waals surface area contributed by atoms with Crippen LogP contribution in [0.25, 0.3) is 0 Å². The van der Waals surface area contributed by atoms with Gasteiger partial charge in [-0.1, -0.05) is 13.0 Å². The Morgan fingerprint density at radius 1 is 1.71 bits per heavy atom. The summed E-state index contributed by atoms with van der Waals surface area (Å²) in [5.41, 5.74) is 6.08. The average molecular weight is 214 g/mol. The lowest BCUT2D eigenvalue weighted by molar-refractivity contribution is 0.300. The second-order valence-corrected chi connectivity index (χ2v) is 5.43. The van der Waals surface area contributed by atoms with Gasteiger partial charge in [0.2, 0.25) is 0 Å². The van der Waals surface area contributed by atoms with Crippen LogP contribution in [0.4, 0.5) is 0 Å². The van der Waals surface area contributed by atoms with Gasteiger partial charge in [-0.25, -0.2) is 0 Å². The topological polar surface area (TPSA) is 38.0 Å². The molecule has 0 spiro atoms. The largest absolute Gasteiger partial charge is 0.329 e. The first-order valence-electron chi connectivity index (χ1n) is 5.43. The van der Waals surface area contributed by atoms with Crippen molar-refractivity contribution in [2.75, 3.05) is 18.8 Å². The quantitative estimate of drug-likeness (QED) is 0.541. The van der Waals surface area contributed by atoms with Crippen molar-refractivity contribution in [2.24, 2.45) is 5.73 Å². The Kier molecular flexibility index (Phi) is 4.99. The van der Waals surface area contributed by atoms with Gasteiger partial charge in [-0.3, -0.25) is 0 Å². The first-order valence-corrected chi connectivity index (χ1v) is 6.47. The highest BCUT2D eigenvalue weighted by atomic mass is 32.2. The number of nitrogens with one attached hydrogen (secondary N) is 1. The molecule has 0 bridgehead atoms. The van der Waals surface area contributed by atoms with Crippen molar-refractivity contribution in [3.05, 3.63) is 12.7 Å². The zero-order valence-electron chi connectivity index (χ0n) is 9.09. The second kappa shape index (κ2) is 5.79. The third-order valence-corrected chi connectivity index (χ3v) is 4.58. The number of rotatable bonds is 5. The van der Waals surface area contributed by atoms with E-state index >= 15 is 0 Å². The summed E-state index contributed by atoms with van der Waals surface area (Å²) in [6.45, 7) is 7.78. The molecule has 0 aromatic rings. The van der Waals surface area contributed by atoms with Gasteiger partial charge in [0.25, 0.3) is 0 Å². The Bertz CT molecular complexity index is 184. The Labute approximate surface area is 91.7 Å². The third-order valence-electron chi connectivity index (χ3n) is 3.10. The molecule has 3 N–H and O–H groups in total. The van der Waals surface area contributed by atoms with Crippen molar-refractivity contribution in [2.45, 2.75) is 37.0 Å². The van der Waals surface area contributed by atoms with Gasteiger partial charge in [0.1, 0.15) is 0 Å². The van der Waals surface area contributed by atoms with Crippen molar-refractivity contribution in [3.63, 3.8) is 0 Å². The summed E-state index contributed by atoms with van der Waals surface area (Å²) in [4.78, 5) is 0. The van der Waals surface area contributed by atoms with Crippen LogP contribution in [0.15, 0.2) is 12.7 Å². The SMILES string of the molecule is C=CCCNC1(CN)CCCSC1C. The highest BCUT2D eigenvalue weighted by molar-refractivity contribution is 8.00. The Morgan fingerprint density at radius 3 is 3.07 bits per heavy atom. The maximum absolute atomic E-state index is 5.91. The van der Waals surface area contributed by atoms with Gasteiger partial charge in [0.05, 0.1) is 0 Å². The molecule has 1 heterocycles. The average Bonchev–Trinajstić information content (AvgIpc) is 2.21. The van der Waals surface area contributed by atoms with Crippen LogP contribution in [-0.4, -0.2) is 29.6 Å². The number of hydrogen-bond acceptors (Lipinski definition) is 3. The van der Waals surface area contributed by atoms with E-state index in [-0.39, 0.29) is 5.54 Å². The van der Waals surface area contributed by atoms with Gasteiger partial charge in [0, 0.05) is 17.3 Å². The van der Waals surface area contributed by atoms with Crippen molar-refractivity contribution in [1.82, 2.24) is 5.32 Å². The summed E-state index contributed by atoms with van der Waals surface area (Å²) in [5, 5.41) is 4.25. The van der Waals surface area contributed by atoms with Gasteiger partial charge in [0.15, 0.2) is 0 Å². The first-order chi connectivity index (χ1) is 6.75. The van der Waals surface area contributed by atoms with Crippen LogP contribution in [0, 0.1) is 0 Å². The summed E-state index contributed by atoms with van der Waals surface area (Å²) < 4.78 is 0. The van der Waals surface area contributed by atoms with Gasteiger partial charge >= 0.3 is 0 Å². The lowest BCUT2D eigenvalue weighted by Crippen LogP contribution is -2.59. The molecule has 14 heavy (non-hydrogen) atoms. The normalized spacial score (nSPS) is 32.9. The minimum absolute atomic E-state index is 0.173. The summed E-state index contributed by atoms with van der Waals surface area (Å²) in [7, 11) is 0. The smallest absolute Gasteiger partial charge is 0.0421 e. The van der Waals surface area contributed by atoms with E-state index in [1.165, 1.54) is 18.6 Å². The fraction of sp³-hybridized carbons (Fsp3) is 0.818. The summed E-state index contributed by atoms with van der Waals surface area (Å²) in [5.74, 6) is 1.28. The maximum atomic E-state index is 5.91. The molecule has 2 unspecified atom stereocenters. The van der Waals surface area contributed by atoms with Gasteiger partial charge in [-0.05, 0) is 31.6 Å². The molecule has 0 amide bonds. The van der Waals surface area contributed by atoms with Crippen LogP contribution in [0.5, 0.6) is 0 Å². The molecule has 1 rings (SSSR count). The lowest BCUT2D eigenvalue weighted by Gasteiger charge is -2.42. The second-order valence-electron chi connectivity index (χ2n) is 3.98. The molecular weight excluding hydrogens is 192 g/mol. The van der Waals surface area contributed by atoms with Crippen molar-refractivity contribution < 1.29 is 0 Å². The molecule has 0 aromatic heterocycles. The highest BCUT2D eigenvalue weighted by Gasteiger charge is 2.36. The standard InChI is InChI=1S/C11H22N2S/c1-3-4-7-13-11(9-12)6-5-8-14-10(11)2/h3,10,13H,1,4-9,12H2,2H3. The summed E-state index contributed by atoms with van der Waals surface area (Å²) in [6, 6.07) is 0. The fourth-order valence-electron chi connectivity index (χ4n) is 2.01. The zero-order valence-corrected chi connectivity index (χ0v) is 9.91. The predicted molar refractivity (Wildman–Crippen MR) is 65.8 cm³/mol. The van der Waals surface area contributed by atoms with E-state index in [0.29, 0.717) is 5.25 Å². The molecule has 1 fully saturated rings. The van der Waals surface area contributed by atoms with Crippen molar-refractivity contribution in [3.8, 4) is 0 Å². The van der Waals surface area contributed by atoms with E-state index in [4.69, 9.17) is 5.73 Å². The van der Waals surface area contributed by atoms with E-state index in [1.807, 2.05) is 17.8 Å². The molecule has 2 nitrogen and oxygen atoms in total. The van der Waals surface area contributed by atoms with Crippen LogP contribution in [0.2, 0.25) is 0 Å². The van der Waals surface area contributed by atoms with Crippen molar-refractivity contribution in [1.29, 1.82) is 0 Å². The van der Waals surface area contributed by atoms with E-state index < -0.39 is 0 Å². The Morgan fingerprint density at radius 2 is 2.50 bits per heavy atom. The van der Waals surface area contributed by atoms with Crippen LogP contribution >= 0.6 is 11.8 Å². The van der Waals surface area contributed by atoms with E-state index in [2.05, 4.69) is 18.8 Å². The summed E-state index contributed by atoms with van der Waals surface area (Å²) >= 11 is 2.04. The van der Waals surface area contributed by atoms with Crippen molar-refractivity contribution >= 4 is 11.8 Å². The fourth-order valence-corrected chi connectivity index (χ4v) is 3.29. The van der Waals surface area contributed by atoms with Crippen LogP contribution in [0.1, 0.15) is 26.2 Å². The number of hydrogen-bond donors (Lipinski definition) is 2. The van der Waals surface area contributed by atoms with Crippen LogP contribution in [0.3, 0.4) is 0 Å². The minimum Gasteiger partial charge on any atom is -0.329 e. The van der Waals surface area contributed by atoms with E-state index in [9.17, 15) is 0 Å². The maximum Gasteiger partial charge on any atom is 0.0421 e. The Hall–Kier alpha value is 0.0100. The lowest BCUT2D eigenvalue weighted by atomic mass is 9.89. The molecule has 0 aromatic carbocycles. The molecule has 2 atom stereocenters. The molecule has 0 aliphatic carbocycles. The van der Waals surface area contributed by atoms with Crippen LogP contribution < -0.4 is 11.1 Å². The number of thioether (sulfide) groups is 1. The molecule has 0 radical (unpaired) electrons. The monoisotopic (exact) mass is 214 g/mol. The highest BCUT2D eigenvalue weighted by Crippen LogP contribution is 2.33. The van der Waals surface area contributed by atoms with E-state index in [1.54, 1.807) is 0 Å². The molecule has 3 heteroatoms. The van der Waals surface area contributed by atoms with Gasteiger partial charge in [-0.2, -0.15) is 11.8 Å². The molecule has 1 saturated heterocycles. The zero-order chi connectivity index (χ0) is 10.4. The molecule has 1 aliphatic heterocycles. The molecule has 1 aliphatic rings. The molecular formula is C11H22N2S. The van der Waals surface area contributed by atoms with Gasteiger partial charge < -0.3 is 11.1 Å². The molecule has 0 saturated carbocycles. The first kappa shape index (κ1) is 12.1. The molecule has 82 valence electrons. The van der Waals surface area contributed by atoms with E-state index in [0.717, 1.165) is 19.5 Å². The third kappa shape index (κ3) is 2.75. The van der Waals surface area contributed by atoms with Crippen LogP contribution in [-0.2, 0) is 0 Å².